The van der Waals surface area contributed by atoms with E-state index in [1.807, 2.05) is 12.1 Å². The van der Waals surface area contributed by atoms with E-state index in [9.17, 15) is 9.90 Å². The molecule has 0 spiro atoms. The van der Waals surface area contributed by atoms with E-state index in [-0.39, 0.29) is 11.7 Å². The third-order valence-electron chi connectivity index (χ3n) is 3.35. The predicted octanol–water partition coefficient (Wildman–Crippen LogP) is 2.29. The van der Waals surface area contributed by atoms with Gasteiger partial charge in [-0.05, 0) is 37.6 Å². The highest BCUT2D eigenvalue weighted by atomic mass is 16.3. The zero-order valence-corrected chi connectivity index (χ0v) is 11.1. The number of rotatable bonds is 1. The van der Waals surface area contributed by atoms with E-state index in [1.165, 1.54) is 0 Å². The van der Waals surface area contributed by atoms with Gasteiger partial charge in [0.15, 0.2) is 0 Å². The Morgan fingerprint density at radius 1 is 1.25 bits per heavy atom. The molecule has 0 fully saturated rings. The zero-order chi connectivity index (χ0) is 14.3. The van der Waals surface area contributed by atoms with Gasteiger partial charge in [-0.15, -0.1) is 0 Å². The fourth-order valence-electron chi connectivity index (χ4n) is 2.32. The average Bonchev–Trinajstić information content (AvgIpc) is 2.74. The second-order valence-corrected chi connectivity index (χ2v) is 4.69. The number of pyridine rings is 2. The number of carbonyl (C=O) groups is 1. The topological polar surface area (TPSA) is 75.1 Å². The van der Waals surface area contributed by atoms with Crippen LogP contribution in [0.3, 0.4) is 0 Å². The van der Waals surface area contributed by atoms with Gasteiger partial charge >= 0.3 is 0 Å². The molecule has 0 atom stereocenters. The maximum atomic E-state index is 12.1. The maximum Gasteiger partial charge on any atom is 0.257 e. The molecule has 1 aliphatic rings. The molecule has 0 aliphatic carbocycles. The number of carbonyl (C=O) groups excluding carboxylic acids is 1. The van der Waals surface area contributed by atoms with Crippen LogP contribution in [0.25, 0.3) is 11.6 Å². The van der Waals surface area contributed by atoms with E-state index < -0.39 is 0 Å². The van der Waals surface area contributed by atoms with Gasteiger partial charge in [0.2, 0.25) is 0 Å². The van der Waals surface area contributed by atoms with Crippen molar-refractivity contribution in [3.05, 3.63) is 46.9 Å². The van der Waals surface area contributed by atoms with Gasteiger partial charge in [-0.1, -0.05) is 0 Å². The van der Waals surface area contributed by atoms with Gasteiger partial charge in [0.25, 0.3) is 5.91 Å². The first-order chi connectivity index (χ1) is 9.58. The molecule has 1 amide bonds. The van der Waals surface area contributed by atoms with Crippen LogP contribution in [0.4, 0.5) is 5.82 Å². The van der Waals surface area contributed by atoms with Crippen molar-refractivity contribution in [2.24, 2.45) is 0 Å². The molecule has 5 nitrogen and oxygen atoms in total. The van der Waals surface area contributed by atoms with Crippen molar-refractivity contribution in [2.45, 2.75) is 13.8 Å². The van der Waals surface area contributed by atoms with Crippen LogP contribution in [-0.4, -0.2) is 21.0 Å². The fraction of sp³-hybridized carbons (Fsp3) is 0.133. The molecule has 2 aromatic heterocycles. The molecule has 2 aromatic rings. The van der Waals surface area contributed by atoms with Gasteiger partial charge in [-0.25, -0.2) is 4.98 Å². The molecule has 0 unspecified atom stereocenters. The van der Waals surface area contributed by atoms with Crippen molar-refractivity contribution >= 4 is 23.4 Å². The predicted molar refractivity (Wildman–Crippen MR) is 76.1 cm³/mol. The molecule has 3 rings (SSSR count). The summed E-state index contributed by atoms with van der Waals surface area (Å²) in [6.45, 7) is 3.49. The van der Waals surface area contributed by atoms with E-state index in [1.54, 1.807) is 32.3 Å². The van der Waals surface area contributed by atoms with E-state index >= 15 is 0 Å². The third-order valence-corrected chi connectivity index (χ3v) is 3.35. The third kappa shape index (κ3) is 1.84. The Kier molecular flexibility index (Phi) is 2.75. The van der Waals surface area contributed by atoms with E-state index in [2.05, 4.69) is 15.3 Å². The van der Waals surface area contributed by atoms with Crippen LogP contribution in [0.5, 0.6) is 5.75 Å². The molecule has 0 saturated heterocycles. The summed E-state index contributed by atoms with van der Waals surface area (Å²) in [6, 6.07) is 3.63. The van der Waals surface area contributed by atoms with Crippen molar-refractivity contribution < 1.29 is 9.90 Å². The molecule has 0 aromatic carbocycles. The summed E-state index contributed by atoms with van der Waals surface area (Å²) in [5.41, 5.74) is 3.21. The Morgan fingerprint density at radius 2 is 1.95 bits per heavy atom. The van der Waals surface area contributed by atoms with E-state index in [4.69, 9.17) is 0 Å². The highest BCUT2D eigenvalue weighted by Crippen LogP contribution is 2.38. The number of hydrogen-bond donors (Lipinski definition) is 2. The normalized spacial score (nSPS) is 15.3. The van der Waals surface area contributed by atoms with Crippen LogP contribution in [0, 0.1) is 13.8 Å². The van der Waals surface area contributed by atoms with Gasteiger partial charge in [-0.3, -0.25) is 9.78 Å². The van der Waals surface area contributed by atoms with Crippen LogP contribution in [0.15, 0.2) is 24.5 Å². The van der Waals surface area contributed by atoms with Crippen LogP contribution in [0.2, 0.25) is 0 Å². The SMILES string of the molecule is Cc1nc2c(c(C)c1O)C(=Cc1ccncc1)C(=O)N2. The van der Waals surface area contributed by atoms with Crippen LogP contribution < -0.4 is 5.32 Å². The number of aromatic hydroxyl groups is 1. The summed E-state index contributed by atoms with van der Waals surface area (Å²) < 4.78 is 0. The van der Waals surface area contributed by atoms with Crippen molar-refractivity contribution in [2.75, 3.05) is 5.32 Å². The van der Waals surface area contributed by atoms with Crippen molar-refractivity contribution in [1.29, 1.82) is 0 Å². The molecule has 100 valence electrons. The molecule has 0 saturated carbocycles. The Labute approximate surface area is 116 Å². The summed E-state index contributed by atoms with van der Waals surface area (Å²) in [5, 5.41) is 12.7. The molecule has 20 heavy (non-hydrogen) atoms. The minimum absolute atomic E-state index is 0.126. The highest BCUT2D eigenvalue weighted by Gasteiger charge is 2.29. The number of nitrogens with zero attached hydrogens (tertiary/aromatic N) is 2. The quantitative estimate of drug-likeness (QED) is 0.777. The van der Waals surface area contributed by atoms with E-state index in [0.29, 0.717) is 28.2 Å². The summed E-state index contributed by atoms with van der Waals surface area (Å²) in [7, 11) is 0. The first-order valence-electron chi connectivity index (χ1n) is 6.21. The molecule has 2 N–H and O–H groups in total. The Hall–Kier alpha value is -2.69. The number of nitrogens with one attached hydrogen (secondary N) is 1. The number of anilines is 1. The Morgan fingerprint density at radius 3 is 2.65 bits per heavy atom. The first kappa shape index (κ1) is 12.3. The fourth-order valence-corrected chi connectivity index (χ4v) is 2.32. The van der Waals surface area contributed by atoms with E-state index in [0.717, 1.165) is 5.56 Å². The molecule has 0 bridgehead atoms. The number of hydrogen-bond acceptors (Lipinski definition) is 4. The molecule has 3 heterocycles. The zero-order valence-electron chi connectivity index (χ0n) is 11.1. The molecule has 1 aliphatic heterocycles. The van der Waals surface area contributed by atoms with Crippen molar-refractivity contribution in [1.82, 2.24) is 9.97 Å². The summed E-state index contributed by atoms with van der Waals surface area (Å²) in [5.74, 6) is 0.418. The second kappa shape index (κ2) is 4.45. The van der Waals surface area contributed by atoms with Gasteiger partial charge in [0, 0.05) is 23.5 Å². The molecule has 0 radical (unpaired) electrons. The number of fused-ring (bicyclic) bond motifs is 1. The van der Waals surface area contributed by atoms with Crippen molar-refractivity contribution in [3.63, 3.8) is 0 Å². The van der Waals surface area contributed by atoms with Crippen molar-refractivity contribution in [3.8, 4) is 5.75 Å². The minimum Gasteiger partial charge on any atom is -0.506 e. The average molecular weight is 267 g/mol. The smallest absolute Gasteiger partial charge is 0.257 e. The number of aryl methyl sites for hydroxylation is 1. The van der Waals surface area contributed by atoms with Crippen LogP contribution >= 0.6 is 0 Å². The lowest BCUT2D eigenvalue weighted by molar-refractivity contribution is -0.110. The minimum atomic E-state index is -0.211. The number of aromatic nitrogens is 2. The first-order valence-corrected chi connectivity index (χ1v) is 6.21. The number of amides is 1. The van der Waals surface area contributed by atoms with Crippen LogP contribution in [0.1, 0.15) is 22.4 Å². The van der Waals surface area contributed by atoms with Gasteiger partial charge < -0.3 is 10.4 Å². The highest BCUT2D eigenvalue weighted by molar-refractivity contribution is 6.35. The Bertz CT molecular complexity index is 737. The second-order valence-electron chi connectivity index (χ2n) is 4.69. The lowest BCUT2D eigenvalue weighted by Gasteiger charge is -2.08. The standard InChI is InChI=1S/C15H13N3O2/c1-8-12-11(7-10-3-5-16-6-4-10)15(20)18-14(12)17-9(2)13(8)19/h3-7,19H,1-2H3,(H,17,18,20). The lowest BCUT2D eigenvalue weighted by atomic mass is 10.0. The summed E-state index contributed by atoms with van der Waals surface area (Å²) in [6.07, 6.45) is 5.10. The summed E-state index contributed by atoms with van der Waals surface area (Å²) in [4.78, 5) is 20.3. The van der Waals surface area contributed by atoms with Gasteiger partial charge in [-0.2, -0.15) is 0 Å². The molecular weight excluding hydrogens is 254 g/mol. The summed E-state index contributed by atoms with van der Waals surface area (Å²) >= 11 is 0. The van der Waals surface area contributed by atoms with Crippen LogP contribution in [-0.2, 0) is 4.79 Å². The van der Waals surface area contributed by atoms with Gasteiger partial charge in [0.05, 0.1) is 11.3 Å². The Balaban J connectivity index is 2.20. The maximum absolute atomic E-state index is 12.1. The monoisotopic (exact) mass is 267 g/mol. The lowest BCUT2D eigenvalue weighted by Crippen LogP contribution is -2.04. The van der Waals surface area contributed by atoms with Gasteiger partial charge in [0.1, 0.15) is 11.6 Å². The molecular formula is C15H13N3O2. The molecule has 5 heteroatoms. The largest absolute Gasteiger partial charge is 0.506 e.